The molecule has 0 bridgehead atoms. The molecule has 28 heavy (non-hydrogen) atoms. The monoisotopic (exact) mass is 413 g/mol. The molecule has 1 heterocycles. The molecule has 0 aliphatic carbocycles. The molecule has 0 saturated carbocycles. The van der Waals surface area contributed by atoms with Crippen molar-refractivity contribution in [2.24, 2.45) is 0 Å². The minimum absolute atomic E-state index is 0.130. The van der Waals surface area contributed by atoms with Gasteiger partial charge in [0.05, 0.1) is 18.1 Å². The summed E-state index contributed by atoms with van der Waals surface area (Å²) in [4.78, 5) is 25.2. The van der Waals surface area contributed by atoms with Crippen LogP contribution in [0.5, 0.6) is 5.75 Å². The smallest absolute Gasteiger partial charge is 0.407 e. The molecule has 1 aromatic rings. The predicted molar refractivity (Wildman–Crippen MR) is 103 cm³/mol. The number of nitrogens with one attached hydrogen (secondary N) is 1. The third-order valence-corrected chi connectivity index (χ3v) is 6.16. The number of carbonyl (C=O) groups is 2. The van der Waals surface area contributed by atoms with E-state index in [-0.39, 0.29) is 43.5 Å². The molecule has 1 aliphatic heterocycles. The van der Waals surface area contributed by atoms with Gasteiger partial charge >= 0.3 is 6.09 Å². The van der Waals surface area contributed by atoms with Crippen LogP contribution in [0.25, 0.3) is 0 Å². The van der Waals surface area contributed by atoms with E-state index in [1.165, 1.54) is 16.4 Å². The Morgan fingerprint density at radius 3 is 2.25 bits per heavy atom. The quantitative estimate of drug-likeness (QED) is 0.683. The first-order valence-electron chi connectivity index (χ1n) is 9.30. The van der Waals surface area contributed by atoms with Crippen LogP contribution >= 0.6 is 0 Å². The summed E-state index contributed by atoms with van der Waals surface area (Å²) >= 11 is 0. The van der Waals surface area contributed by atoms with Gasteiger partial charge in [0.1, 0.15) is 5.75 Å². The topological polar surface area (TPSA) is 105 Å². The van der Waals surface area contributed by atoms with Crippen LogP contribution in [0.2, 0.25) is 0 Å². The zero-order chi connectivity index (χ0) is 20.6. The van der Waals surface area contributed by atoms with Gasteiger partial charge in [0, 0.05) is 39.1 Å². The van der Waals surface area contributed by atoms with E-state index in [0.29, 0.717) is 25.4 Å². The molecule has 2 amide bonds. The number of hydrogen-bond donors (Lipinski definition) is 1. The maximum Gasteiger partial charge on any atom is 0.407 e. The minimum Gasteiger partial charge on any atom is -0.494 e. The summed E-state index contributed by atoms with van der Waals surface area (Å²) < 4.78 is 37.0. The van der Waals surface area contributed by atoms with Gasteiger partial charge in [0.15, 0.2) is 0 Å². The maximum atomic E-state index is 12.8. The van der Waals surface area contributed by atoms with Crippen molar-refractivity contribution in [2.45, 2.75) is 25.2 Å². The normalized spacial score (nSPS) is 15.1. The van der Waals surface area contributed by atoms with Crippen LogP contribution in [0.3, 0.4) is 0 Å². The fraction of sp³-hybridized carbons (Fsp3) is 0.556. The van der Waals surface area contributed by atoms with Gasteiger partial charge in [0.25, 0.3) is 0 Å². The van der Waals surface area contributed by atoms with Crippen molar-refractivity contribution >= 4 is 22.0 Å². The zero-order valence-electron chi connectivity index (χ0n) is 16.2. The highest BCUT2D eigenvalue weighted by Gasteiger charge is 2.30. The number of ether oxygens (including phenoxy) is 2. The minimum atomic E-state index is -3.61. The number of sulfonamides is 1. The Hall–Kier alpha value is -2.33. The van der Waals surface area contributed by atoms with E-state index in [2.05, 4.69) is 5.32 Å². The Morgan fingerprint density at radius 1 is 1.04 bits per heavy atom. The first-order valence-corrected chi connectivity index (χ1v) is 10.7. The lowest BCUT2D eigenvalue weighted by atomic mass is 10.3. The van der Waals surface area contributed by atoms with Gasteiger partial charge in [0.2, 0.25) is 15.9 Å². The number of nitrogens with zero attached hydrogens (tertiary/aromatic N) is 2. The van der Waals surface area contributed by atoms with E-state index in [9.17, 15) is 18.0 Å². The van der Waals surface area contributed by atoms with Crippen LogP contribution in [-0.2, 0) is 19.6 Å². The number of piperazine rings is 1. The highest BCUT2D eigenvalue weighted by Crippen LogP contribution is 2.21. The van der Waals surface area contributed by atoms with Crippen LogP contribution in [0, 0.1) is 0 Å². The lowest BCUT2D eigenvalue weighted by Crippen LogP contribution is -2.50. The summed E-state index contributed by atoms with van der Waals surface area (Å²) in [6, 6.07) is 6.32. The van der Waals surface area contributed by atoms with E-state index in [1.54, 1.807) is 24.0 Å². The highest BCUT2D eigenvalue weighted by molar-refractivity contribution is 7.89. The van der Waals surface area contributed by atoms with Gasteiger partial charge in [-0.1, -0.05) is 0 Å². The van der Waals surface area contributed by atoms with Crippen molar-refractivity contribution in [3.05, 3.63) is 24.3 Å². The van der Waals surface area contributed by atoms with E-state index in [4.69, 9.17) is 9.47 Å². The van der Waals surface area contributed by atoms with Crippen molar-refractivity contribution in [3.8, 4) is 5.75 Å². The van der Waals surface area contributed by atoms with E-state index in [1.807, 2.05) is 6.92 Å². The fourth-order valence-corrected chi connectivity index (χ4v) is 4.24. The second kappa shape index (κ2) is 10.3. The number of alkyl carbamates (subject to hydrolysis) is 1. The summed E-state index contributed by atoms with van der Waals surface area (Å²) in [6.45, 7) is 5.61. The Labute approximate surface area is 165 Å². The van der Waals surface area contributed by atoms with E-state index < -0.39 is 16.1 Å². The van der Waals surface area contributed by atoms with Gasteiger partial charge < -0.3 is 19.7 Å². The Kier molecular flexibility index (Phi) is 8.06. The standard InChI is InChI=1S/C18H27N3O6S/c1-3-26-15-5-7-16(8-6-15)28(24,25)21-13-11-20(12-14-21)17(22)9-10-19-18(23)27-4-2/h5-8H,3-4,9-14H2,1-2H3,(H,19,23). The molecule has 1 fully saturated rings. The average Bonchev–Trinajstić information content (AvgIpc) is 2.69. The van der Waals surface area contributed by atoms with Gasteiger partial charge in [-0.3, -0.25) is 4.79 Å². The number of carbonyl (C=O) groups excluding carboxylic acids is 2. The Morgan fingerprint density at radius 2 is 1.68 bits per heavy atom. The van der Waals surface area contributed by atoms with Crippen LogP contribution in [0.15, 0.2) is 29.2 Å². The lowest BCUT2D eigenvalue weighted by Gasteiger charge is -2.34. The zero-order valence-corrected chi connectivity index (χ0v) is 17.0. The molecular formula is C18H27N3O6S. The average molecular weight is 413 g/mol. The van der Waals surface area contributed by atoms with Gasteiger partial charge in [-0.05, 0) is 38.1 Å². The van der Waals surface area contributed by atoms with Crippen molar-refractivity contribution < 1.29 is 27.5 Å². The summed E-state index contributed by atoms with van der Waals surface area (Å²) in [6.07, 6.45) is -0.411. The fourth-order valence-electron chi connectivity index (χ4n) is 2.81. The molecule has 0 radical (unpaired) electrons. The van der Waals surface area contributed by atoms with Crippen LogP contribution in [0.1, 0.15) is 20.3 Å². The van der Waals surface area contributed by atoms with Crippen molar-refractivity contribution in [2.75, 3.05) is 45.9 Å². The number of amides is 2. The summed E-state index contributed by atoms with van der Waals surface area (Å²) in [5, 5.41) is 2.50. The molecule has 9 nitrogen and oxygen atoms in total. The van der Waals surface area contributed by atoms with Gasteiger partial charge in [-0.25, -0.2) is 13.2 Å². The Bertz CT molecular complexity index is 758. The second-order valence-electron chi connectivity index (χ2n) is 6.09. The third kappa shape index (κ3) is 5.83. The second-order valence-corrected chi connectivity index (χ2v) is 8.02. The molecule has 1 aromatic carbocycles. The van der Waals surface area contributed by atoms with Crippen molar-refractivity contribution in [1.29, 1.82) is 0 Å². The molecule has 10 heteroatoms. The van der Waals surface area contributed by atoms with Crippen molar-refractivity contribution in [3.63, 3.8) is 0 Å². The SMILES string of the molecule is CCOC(=O)NCCC(=O)N1CCN(S(=O)(=O)c2ccc(OCC)cc2)CC1. The molecule has 0 unspecified atom stereocenters. The summed E-state index contributed by atoms with van der Waals surface area (Å²) in [5.41, 5.74) is 0. The molecule has 1 saturated heterocycles. The van der Waals surface area contributed by atoms with Crippen molar-refractivity contribution in [1.82, 2.24) is 14.5 Å². The summed E-state index contributed by atoms with van der Waals surface area (Å²) in [5.74, 6) is 0.489. The molecule has 0 atom stereocenters. The Balaban J connectivity index is 1.84. The summed E-state index contributed by atoms with van der Waals surface area (Å²) in [7, 11) is -3.61. The maximum absolute atomic E-state index is 12.8. The molecule has 1 aliphatic rings. The molecule has 0 aromatic heterocycles. The molecular weight excluding hydrogens is 386 g/mol. The number of hydrogen-bond acceptors (Lipinski definition) is 6. The van der Waals surface area contributed by atoms with E-state index >= 15 is 0 Å². The van der Waals surface area contributed by atoms with E-state index in [0.717, 1.165) is 0 Å². The first-order chi connectivity index (χ1) is 13.4. The number of benzene rings is 1. The molecule has 2 rings (SSSR count). The van der Waals surface area contributed by atoms with Crippen LogP contribution in [0.4, 0.5) is 4.79 Å². The third-order valence-electron chi connectivity index (χ3n) is 4.25. The van der Waals surface area contributed by atoms with Gasteiger partial charge in [-0.2, -0.15) is 4.31 Å². The predicted octanol–water partition coefficient (Wildman–Crippen LogP) is 1.05. The van der Waals surface area contributed by atoms with Crippen LogP contribution < -0.4 is 10.1 Å². The first kappa shape index (κ1) is 22.0. The molecule has 1 N–H and O–H groups in total. The molecule has 0 spiro atoms. The number of rotatable bonds is 8. The van der Waals surface area contributed by atoms with Gasteiger partial charge in [-0.15, -0.1) is 0 Å². The highest BCUT2D eigenvalue weighted by atomic mass is 32.2. The van der Waals surface area contributed by atoms with Crippen LogP contribution in [-0.4, -0.2) is 75.6 Å². The largest absolute Gasteiger partial charge is 0.494 e. The lowest BCUT2D eigenvalue weighted by molar-refractivity contribution is -0.132. The molecule has 156 valence electrons.